The first-order valence-corrected chi connectivity index (χ1v) is 8.25. The summed E-state index contributed by atoms with van der Waals surface area (Å²) in [5, 5.41) is 0. The maximum atomic E-state index is 6.03. The average Bonchev–Trinajstić information content (AvgIpc) is 3.33. The van der Waals surface area contributed by atoms with Gasteiger partial charge in [-0.25, -0.2) is 0 Å². The summed E-state index contributed by atoms with van der Waals surface area (Å²) in [7, 11) is 0. The Bertz CT molecular complexity index is 509. The number of benzene rings is 2. The van der Waals surface area contributed by atoms with Crippen molar-refractivity contribution in [2.75, 3.05) is 6.54 Å². The van der Waals surface area contributed by atoms with Gasteiger partial charge in [0.15, 0.2) is 0 Å². The maximum Gasteiger partial charge on any atom is 0.0677 e. The molecule has 0 aliphatic heterocycles. The molecule has 0 bridgehead atoms. The first-order valence-electron chi connectivity index (χ1n) is 8.25. The second-order valence-electron chi connectivity index (χ2n) is 6.29. The first kappa shape index (κ1) is 15.3. The van der Waals surface area contributed by atoms with Crippen LogP contribution in [0.3, 0.4) is 0 Å². The van der Waals surface area contributed by atoms with Crippen LogP contribution in [0.1, 0.15) is 30.9 Å². The second-order valence-corrected chi connectivity index (χ2v) is 6.29. The first-order chi connectivity index (χ1) is 10.8. The van der Waals surface area contributed by atoms with Crippen LogP contribution in [0.4, 0.5) is 0 Å². The fourth-order valence-electron chi connectivity index (χ4n) is 2.81. The van der Waals surface area contributed by atoms with E-state index in [2.05, 4.69) is 72.5 Å². The van der Waals surface area contributed by atoms with Gasteiger partial charge in [-0.3, -0.25) is 4.90 Å². The van der Waals surface area contributed by atoms with Crippen LogP contribution in [0.25, 0.3) is 0 Å². The minimum Gasteiger partial charge on any atom is -0.374 e. The average molecular weight is 295 g/mol. The van der Waals surface area contributed by atoms with Crippen LogP contribution >= 0.6 is 0 Å². The Balaban J connectivity index is 1.63. The molecule has 2 nitrogen and oxygen atoms in total. The highest BCUT2D eigenvalue weighted by Crippen LogP contribution is 2.25. The number of ether oxygens (including phenoxy) is 1. The third-order valence-corrected chi connectivity index (χ3v) is 3.96. The van der Waals surface area contributed by atoms with Crippen LogP contribution in [-0.2, 0) is 17.8 Å². The Kier molecular flexibility index (Phi) is 5.25. The van der Waals surface area contributed by atoms with Crippen LogP contribution in [0.2, 0.25) is 0 Å². The molecule has 0 spiro atoms. The van der Waals surface area contributed by atoms with Crippen LogP contribution in [0.5, 0.6) is 0 Å². The van der Waals surface area contributed by atoms with E-state index in [-0.39, 0.29) is 0 Å². The molecule has 3 rings (SSSR count). The SMILES string of the molecule is C[C@@H](CN(Cc1ccccc1)Cc1ccccc1)OC1CC1. The Hall–Kier alpha value is -1.64. The molecule has 1 saturated carbocycles. The van der Waals surface area contributed by atoms with E-state index in [0.29, 0.717) is 12.2 Å². The van der Waals surface area contributed by atoms with Crippen molar-refractivity contribution in [3.8, 4) is 0 Å². The van der Waals surface area contributed by atoms with Gasteiger partial charge in [-0.15, -0.1) is 0 Å². The van der Waals surface area contributed by atoms with Crippen molar-refractivity contribution < 1.29 is 4.74 Å². The fourth-order valence-corrected chi connectivity index (χ4v) is 2.81. The minimum absolute atomic E-state index is 0.292. The quantitative estimate of drug-likeness (QED) is 0.721. The number of nitrogens with zero attached hydrogens (tertiary/aromatic N) is 1. The van der Waals surface area contributed by atoms with Crippen molar-refractivity contribution in [1.29, 1.82) is 0 Å². The van der Waals surface area contributed by atoms with Crippen LogP contribution in [-0.4, -0.2) is 23.7 Å². The lowest BCUT2D eigenvalue weighted by atomic mass is 10.1. The second kappa shape index (κ2) is 7.57. The van der Waals surface area contributed by atoms with E-state index in [4.69, 9.17) is 4.74 Å². The topological polar surface area (TPSA) is 12.5 Å². The lowest BCUT2D eigenvalue weighted by Gasteiger charge is -2.26. The van der Waals surface area contributed by atoms with Crippen LogP contribution < -0.4 is 0 Å². The number of rotatable bonds is 8. The summed E-state index contributed by atoms with van der Waals surface area (Å²) in [5.41, 5.74) is 2.72. The predicted octanol–water partition coefficient (Wildman–Crippen LogP) is 4.26. The summed E-state index contributed by atoms with van der Waals surface area (Å²) in [4.78, 5) is 2.48. The normalized spacial score (nSPS) is 15.9. The van der Waals surface area contributed by atoms with E-state index in [0.717, 1.165) is 19.6 Å². The summed E-state index contributed by atoms with van der Waals surface area (Å²) in [6.07, 6.45) is 3.29. The molecule has 1 aliphatic carbocycles. The van der Waals surface area contributed by atoms with Gasteiger partial charge in [0.05, 0.1) is 12.2 Å². The zero-order valence-corrected chi connectivity index (χ0v) is 13.3. The lowest BCUT2D eigenvalue weighted by molar-refractivity contribution is 0.0227. The Labute approximate surface area is 133 Å². The Morgan fingerprint density at radius 3 is 1.86 bits per heavy atom. The minimum atomic E-state index is 0.292. The molecular formula is C20H25NO. The molecule has 0 radical (unpaired) electrons. The van der Waals surface area contributed by atoms with E-state index in [1.807, 2.05) is 0 Å². The third-order valence-electron chi connectivity index (χ3n) is 3.96. The molecule has 0 N–H and O–H groups in total. The van der Waals surface area contributed by atoms with Gasteiger partial charge >= 0.3 is 0 Å². The molecule has 116 valence electrons. The van der Waals surface area contributed by atoms with Crippen molar-refractivity contribution in [3.63, 3.8) is 0 Å². The van der Waals surface area contributed by atoms with Gasteiger partial charge in [-0.1, -0.05) is 60.7 Å². The van der Waals surface area contributed by atoms with Gasteiger partial charge in [0, 0.05) is 19.6 Å². The summed E-state index contributed by atoms with van der Waals surface area (Å²) < 4.78 is 6.03. The zero-order chi connectivity index (χ0) is 15.2. The highest BCUT2D eigenvalue weighted by Gasteiger charge is 2.25. The van der Waals surface area contributed by atoms with E-state index in [1.54, 1.807) is 0 Å². The third kappa shape index (κ3) is 4.97. The molecule has 1 fully saturated rings. The summed E-state index contributed by atoms with van der Waals surface area (Å²) in [5.74, 6) is 0. The van der Waals surface area contributed by atoms with Crippen molar-refractivity contribution in [3.05, 3.63) is 71.8 Å². The Morgan fingerprint density at radius 1 is 0.909 bits per heavy atom. The predicted molar refractivity (Wildman–Crippen MR) is 90.6 cm³/mol. The molecule has 1 atom stereocenters. The molecule has 0 heterocycles. The van der Waals surface area contributed by atoms with Gasteiger partial charge in [-0.05, 0) is 30.9 Å². The van der Waals surface area contributed by atoms with Gasteiger partial charge in [0.25, 0.3) is 0 Å². The lowest BCUT2D eigenvalue weighted by Crippen LogP contribution is -2.32. The molecule has 0 aromatic heterocycles. The molecule has 22 heavy (non-hydrogen) atoms. The van der Waals surface area contributed by atoms with Crippen molar-refractivity contribution in [2.24, 2.45) is 0 Å². The molecule has 1 aliphatic rings. The smallest absolute Gasteiger partial charge is 0.0677 e. The van der Waals surface area contributed by atoms with Gasteiger partial charge < -0.3 is 4.74 Å². The Morgan fingerprint density at radius 2 is 1.41 bits per heavy atom. The van der Waals surface area contributed by atoms with E-state index < -0.39 is 0 Å². The molecule has 0 amide bonds. The molecule has 2 aromatic carbocycles. The van der Waals surface area contributed by atoms with Crippen LogP contribution in [0.15, 0.2) is 60.7 Å². The van der Waals surface area contributed by atoms with E-state index in [9.17, 15) is 0 Å². The highest BCUT2D eigenvalue weighted by atomic mass is 16.5. The molecule has 0 unspecified atom stereocenters. The summed E-state index contributed by atoms with van der Waals surface area (Å²) in [6.45, 7) is 5.10. The number of hydrogen-bond acceptors (Lipinski definition) is 2. The highest BCUT2D eigenvalue weighted by molar-refractivity contribution is 5.17. The molecule has 2 aromatic rings. The van der Waals surface area contributed by atoms with Crippen LogP contribution in [0, 0.1) is 0 Å². The van der Waals surface area contributed by atoms with Crippen molar-refractivity contribution in [1.82, 2.24) is 4.90 Å². The summed E-state index contributed by atoms with van der Waals surface area (Å²) in [6, 6.07) is 21.4. The van der Waals surface area contributed by atoms with Crippen molar-refractivity contribution in [2.45, 2.75) is 45.1 Å². The van der Waals surface area contributed by atoms with E-state index in [1.165, 1.54) is 24.0 Å². The van der Waals surface area contributed by atoms with Crippen molar-refractivity contribution >= 4 is 0 Å². The molecule has 0 saturated heterocycles. The molecular weight excluding hydrogens is 270 g/mol. The largest absolute Gasteiger partial charge is 0.374 e. The van der Waals surface area contributed by atoms with Gasteiger partial charge in [0.2, 0.25) is 0 Å². The summed E-state index contributed by atoms with van der Waals surface area (Å²) >= 11 is 0. The number of hydrogen-bond donors (Lipinski definition) is 0. The van der Waals surface area contributed by atoms with Gasteiger partial charge in [0.1, 0.15) is 0 Å². The maximum absolute atomic E-state index is 6.03. The fraction of sp³-hybridized carbons (Fsp3) is 0.400. The van der Waals surface area contributed by atoms with E-state index >= 15 is 0 Å². The van der Waals surface area contributed by atoms with Gasteiger partial charge in [-0.2, -0.15) is 0 Å². The standard InChI is InChI=1S/C20H25NO/c1-17(22-20-12-13-20)14-21(15-18-8-4-2-5-9-18)16-19-10-6-3-7-11-19/h2-11,17,20H,12-16H2,1H3/t17-/m0/s1. The monoisotopic (exact) mass is 295 g/mol. The molecule has 2 heteroatoms. The zero-order valence-electron chi connectivity index (χ0n) is 13.3.